The predicted molar refractivity (Wildman–Crippen MR) is 33.4 cm³/mol. The maximum absolute atomic E-state index is 10.5. The van der Waals surface area contributed by atoms with Crippen molar-refractivity contribution in [1.82, 2.24) is 0 Å². The number of aliphatic hydroxyl groups is 1. The quantitative estimate of drug-likeness (QED) is 0.337. The average Bonchev–Trinajstić information content (AvgIpc) is 1.87. The van der Waals surface area contributed by atoms with E-state index in [0.717, 1.165) is 0 Å². The van der Waals surface area contributed by atoms with Crippen LogP contribution in [0.1, 0.15) is 6.92 Å². The molecular formula is C5H9NO5. The molecule has 6 nitrogen and oxygen atoms in total. The van der Waals surface area contributed by atoms with E-state index >= 15 is 0 Å². The number of carbonyl (C=O) groups excluding carboxylic acids is 1. The molecule has 2 atom stereocenters. The lowest BCUT2D eigenvalue weighted by Gasteiger charge is -2.08. The van der Waals surface area contributed by atoms with E-state index in [9.17, 15) is 9.59 Å². The van der Waals surface area contributed by atoms with Crippen LogP contribution in [0.25, 0.3) is 0 Å². The lowest BCUT2D eigenvalue weighted by Crippen LogP contribution is -2.35. The molecule has 6 heteroatoms. The molecule has 0 saturated heterocycles. The van der Waals surface area contributed by atoms with Gasteiger partial charge in [-0.3, -0.25) is 4.79 Å². The first-order chi connectivity index (χ1) is 4.95. The van der Waals surface area contributed by atoms with Crippen LogP contribution < -0.4 is 5.73 Å². The van der Waals surface area contributed by atoms with Crippen LogP contribution in [0.2, 0.25) is 0 Å². The molecule has 0 unspecified atom stereocenters. The van der Waals surface area contributed by atoms with Crippen LogP contribution in [0.4, 0.5) is 0 Å². The second-order valence-corrected chi connectivity index (χ2v) is 1.92. The Kier molecular flexibility index (Phi) is 3.49. The normalized spacial score (nSPS) is 15.2. The van der Waals surface area contributed by atoms with Gasteiger partial charge in [0, 0.05) is 0 Å². The lowest BCUT2D eigenvalue weighted by molar-refractivity contribution is -0.187. The van der Waals surface area contributed by atoms with Crippen molar-refractivity contribution in [3.8, 4) is 0 Å². The summed E-state index contributed by atoms with van der Waals surface area (Å²) >= 11 is 0. The maximum atomic E-state index is 10.5. The summed E-state index contributed by atoms with van der Waals surface area (Å²) in [5, 5.41) is 16.5. The number of esters is 1. The summed E-state index contributed by atoms with van der Waals surface area (Å²) in [7, 11) is 0. The summed E-state index contributed by atoms with van der Waals surface area (Å²) in [5.74, 6) is -2.58. The summed E-state index contributed by atoms with van der Waals surface area (Å²) in [6.45, 7) is 1.32. The fourth-order valence-electron chi connectivity index (χ4n) is 0.268. The highest BCUT2D eigenvalue weighted by Crippen LogP contribution is 1.90. The number of nitrogens with two attached hydrogens (primary N) is 1. The summed E-state index contributed by atoms with van der Waals surface area (Å²) in [5.41, 5.74) is 5.01. The zero-order chi connectivity index (χ0) is 9.02. The number of carboxylic acids is 1. The molecule has 0 aromatic heterocycles. The molecule has 0 amide bonds. The Balaban J connectivity index is 3.85. The molecule has 0 aliphatic rings. The van der Waals surface area contributed by atoms with Crippen LogP contribution >= 0.6 is 0 Å². The lowest BCUT2D eigenvalue weighted by atomic mass is 10.4. The van der Waals surface area contributed by atoms with E-state index in [-0.39, 0.29) is 0 Å². The third kappa shape index (κ3) is 3.54. The molecule has 4 N–H and O–H groups in total. The van der Waals surface area contributed by atoms with E-state index in [2.05, 4.69) is 4.74 Å². The van der Waals surface area contributed by atoms with Gasteiger partial charge >= 0.3 is 11.9 Å². The van der Waals surface area contributed by atoms with Crippen LogP contribution in [0, 0.1) is 0 Å². The highest BCUT2D eigenvalue weighted by Gasteiger charge is 2.20. The first kappa shape index (κ1) is 9.86. The fraction of sp³-hybridized carbons (Fsp3) is 0.600. The first-order valence-electron chi connectivity index (χ1n) is 2.82. The van der Waals surface area contributed by atoms with Crippen molar-refractivity contribution in [1.29, 1.82) is 0 Å². The number of rotatable bonds is 3. The molecule has 11 heavy (non-hydrogen) atoms. The van der Waals surface area contributed by atoms with E-state index in [4.69, 9.17) is 15.9 Å². The zero-order valence-electron chi connectivity index (χ0n) is 5.85. The standard InChI is InChI=1S/C5H9NO5/c1-2(6)4(9)11-5(10)3(7)8/h2,5,10H,6H2,1H3,(H,7,8)/t2-,5-/m1/s1. The second-order valence-electron chi connectivity index (χ2n) is 1.92. The molecule has 64 valence electrons. The molecular weight excluding hydrogens is 154 g/mol. The minimum atomic E-state index is -2.13. The van der Waals surface area contributed by atoms with Gasteiger partial charge in [0.1, 0.15) is 6.04 Å². The van der Waals surface area contributed by atoms with Gasteiger partial charge in [-0.1, -0.05) is 0 Å². The highest BCUT2D eigenvalue weighted by atomic mass is 16.7. The number of ether oxygens (including phenoxy) is 1. The van der Waals surface area contributed by atoms with Gasteiger partial charge in [0.2, 0.25) is 0 Å². The Labute approximate surface area is 62.6 Å². The van der Waals surface area contributed by atoms with E-state index in [1.807, 2.05) is 0 Å². The minimum absolute atomic E-state index is 0.941. The van der Waals surface area contributed by atoms with E-state index in [1.54, 1.807) is 0 Å². The Morgan fingerprint density at radius 2 is 2.00 bits per heavy atom. The largest absolute Gasteiger partial charge is 0.477 e. The maximum Gasteiger partial charge on any atom is 0.373 e. The van der Waals surface area contributed by atoms with E-state index in [1.165, 1.54) is 6.92 Å². The Hall–Kier alpha value is -1.14. The van der Waals surface area contributed by atoms with Crippen molar-refractivity contribution in [2.24, 2.45) is 5.73 Å². The topological polar surface area (TPSA) is 110 Å². The molecule has 0 radical (unpaired) electrons. The average molecular weight is 163 g/mol. The van der Waals surface area contributed by atoms with Gasteiger partial charge in [0.05, 0.1) is 0 Å². The summed E-state index contributed by atoms with van der Waals surface area (Å²) in [6, 6.07) is -0.941. The molecule has 0 spiro atoms. The van der Waals surface area contributed by atoms with Gasteiger partial charge < -0.3 is 20.7 Å². The van der Waals surface area contributed by atoms with Crippen LogP contribution in [0.15, 0.2) is 0 Å². The van der Waals surface area contributed by atoms with Gasteiger partial charge in [0.15, 0.2) is 0 Å². The third-order valence-electron chi connectivity index (χ3n) is 0.811. The molecule has 0 aliphatic carbocycles. The molecule has 0 aromatic carbocycles. The Bertz CT molecular complexity index is 166. The molecule has 0 saturated carbocycles. The molecule has 0 aliphatic heterocycles. The van der Waals surface area contributed by atoms with Crippen molar-refractivity contribution in [3.63, 3.8) is 0 Å². The molecule has 0 rings (SSSR count). The van der Waals surface area contributed by atoms with Gasteiger partial charge in [-0.15, -0.1) is 0 Å². The van der Waals surface area contributed by atoms with E-state index in [0.29, 0.717) is 0 Å². The zero-order valence-corrected chi connectivity index (χ0v) is 5.85. The number of hydrogen-bond acceptors (Lipinski definition) is 5. The summed E-state index contributed by atoms with van der Waals surface area (Å²) in [4.78, 5) is 20.4. The Morgan fingerprint density at radius 1 is 1.55 bits per heavy atom. The van der Waals surface area contributed by atoms with Crippen LogP contribution in [0.5, 0.6) is 0 Å². The number of carbonyl (C=O) groups is 2. The second kappa shape index (κ2) is 3.89. The van der Waals surface area contributed by atoms with Crippen molar-refractivity contribution in [3.05, 3.63) is 0 Å². The van der Waals surface area contributed by atoms with Crippen molar-refractivity contribution >= 4 is 11.9 Å². The van der Waals surface area contributed by atoms with Gasteiger partial charge in [-0.2, -0.15) is 0 Å². The Morgan fingerprint density at radius 3 is 2.27 bits per heavy atom. The number of aliphatic carboxylic acids is 1. The summed E-state index contributed by atoms with van der Waals surface area (Å²) < 4.78 is 3.97. The third-order valence-corrected chi connectivity index (χ3v) is 0.811. The van der Waals surface area contributed by atoms with Crippen molar-refractivity contribution < 1.29 is 24.5 Å². The predicted octanol–water partition coefficient (Wildman–Crippen LogP) is -1.72. The van der Waals surface area contributed by atoms with Crippen LogP contribution in [0.3, 0.4) is 0 Å². The monoisotopic (exact) mass is 163 g/mol. The van der Waals surface area contributed by atoms with Gasteiger partial charge in [0.25, 0.3) is 6.29 Å². The SMILES string of the molecule is C[C@@H](N)C(=O)O[C@@H](O)C(=O)O. The fourth-order valence-corrected chi connectivity index (χ4v) is 0.268. The number of carboxylic acid groups (broad SMARTS) is 1. The molecule has 0 fully saturated rings. The van der Waals surface area contributed by atoms with E-state index < -0.39 is 24.3 Å². The van der Waals surface area contributed by atoms with Crippen molar-refractivity contribution in [2.75, 3.05) is 0 Å². The first-order valence-corrected chi connectivity index (χ1v) is 2.82. The van der Waals surface area contributed by atoms with Gasteiger partial charge in [-0.05, 0) is 6.92 Å². The van der Waals surface area contributed by atoms with Gasteiger partial charge in [-0.25, -0.2) is 4.79 Å². The smallest absolute Gasteiger partial charge is 0.373 e. The van der Waals surface area contributed by atoms with Crippen molar-refractivity contribution in [2.45, 2.75) is 19.3 Å². The van der Waals surface area contributed by atoms with Crippen LogP contribution in [-0.2, 0) is 14.3 Å². The molecule has 0 heterocycles. The molecule has 0 bridgehead atoms. The van der Waals surface area contributed by atoms with Crippen LogP contribution in [-0.4, -0.2) is 34.5 Å². The number of hydrogen-bond donors (Lipinski definition) is 3. The summed E-state index contributed by atoms with van der Waals surface area (Å²) in [6.07, 6.45) is -2.13. The highest BCUT2D eigenvalue weighted by molar-refractivity contribution is 5.79. The number of aliphatic hydroxyl groups excluding tert-OH is 1. The minimum Gasteiger partial charge on any atom is -0.477 e. The molecule has 0 aromatic rings.